The van der Waals surface area contributed by atoms with Crippen molar-refractivity contribution in [3.05, 3.63) is 46.8 Å². The summed E-state index contributed by atoms with van der Waals surface area (Å²) in [4.78, 5) is 0. The number of hydrogen-bond acceptors (Lipinski definition) is 5. The van der Waals surface area contributed by atoms with Gasteiger partial charge in [0, 0.05) is 13.3 Å². The maximum Gasteiger partial charge on any atom is 0.342 e. The zero-order chi connectivity index (χ0) is 13.5. The van der Waals surface area contributed by atoms with E-state index in [-0.39, 0.29) is 5.88 Å². The molecule has 1 heterocycles. The van der Waals surface area contributed by atoms with Crippen LogP contribution in [-0.4, -0.2) is 5.27 Å². The highest BCUT2D eigenvalue weighted by Gasteiger charge is 2.18. The largest absolute Gasteiger partial charge is 0.775 e. The van der Waals surface area contributed by atoms with E-state index < -0.39 is 0 Å². The first kappa shape index (κ1) is 13.2. The molecule has 0 aliphatic carbocycles. The van der Waals surface area contributed by atoms with E-state index in [9.17, 15) is 5.21 Å². The molecule has 1 aromatic carbocycles. The second-order valence-electron chi connectivity index (χ2n) is 4.31. The molecule has 0 bridgehead atoms. The molecule has 0 fully saturated rings. The third kappa shape index (κ3) is 3.61. The summed E-state index contributed by atoms with van der Waals surface area (Å²) in [7, 11) is 0. The molecular weight excluding hydrogens is 244 g/mol. The van der Waals surface area contributed by atoms with E-state index in [4.69, 9.17) is 4.52 Å². The van der Waals surface area contributed by atoms with E-state index >= 15 is 0 Å². The number of rotatable bonds is 6. The standard InChI is InChI=1S/C13H16N4O2/c1-11-13(14-15-18)19-16-17(11)10-6-5-9-12-7-3-2-4-8-12/h2-4,7-8H,5-6,9-10H2,1H3. The molecule has 0 aliphatic heterocycles. The zero-order valence-corrected chi connectivity index (χ0v) is 10.8. The number of unbranched alkanes of at least 4 members (excludes halogenated alkanes) is 1. The van der Waals surface area contributed by atoms with E-state index in [1.54, 1.807) is 11.6 Å². The Labute approximate surface area is 111 Å². The van der Waals surface area contributed by atoms with Crippen LogP contribution in [0, 0.1) is 12.1 Å². The van der Waals surface area contributed by atoms with Crippen molar-refractivity contribution in [1.82, 2.24) is 5.27 Å². The predicted molar refractivity (Wildman–Crippen MR) is 68.7 cm³/mol. The van der Waals surface area contributed by atoms with Crippen molar-refractivity contribution in [3.63, 3.8) is 0 Å². The van der Waals surface area contributed by atoms with Gasteiger partial charge in [0.25, 0.3) is 5.69 Å². The van der Waals surface area contributed by atoms with Crippen LogP contribution in [0.2, 0.25) is 0 Å². The summed E-state index contributed by atoms with van der Waals surface area (Å²) in [6.45, 7) is 2.55. The van der Waals surface area contributed by atoms with E-state index in [1.807, 2.05) is 18.2 Å². The van der Waals surface area contributed by atoms with Crippen molar-refractivity contribution < 1.29 is 9.20 Å². The molecule has 0 N–H and O–H groups in total. The van der Waals surface area contributed by atoms with Gasteiger partial charge in [-0.15, -0.1) is 5.11 Å². The highest BCUT2D eigenvalue weighted by molar-refractivity contribution is 5.21. The van der Waals surface area contributed by atoms with Crippen molar-refractivity contribution in [1.29, 1.82) is 0 Å². The Balaban J connectivity index is 1.80. The van der Waals surface area contributed by atoms with Crippen LogP contribution >= 0.6 is 0 Å². The quantitative estimate of drug-likeness (QED) is 0.347. The van der Waals surface area contributed by atoms with Gasteiger partial charge in [-0.25, -0.2) is 5.28 Å². The molecule has 19 heavy (non-hydrogen) atoms. The molecule has 2 rings (SSSR count). The Kier molecular flexibility index (Phi) is 4.60. The van der Waals surface area contributed by atoms with Gasteiger partial charge in [-0.05, 0) is 23.1 Å². The fourth-order valence-corrected chi connectivity index (χ4v) is 1.90. The van der Waals surface area contributed by atoms with Gasteiger partial charge in [-0.3, -0.25) is 4.52 Å². The van der Waals surface area contributed by atoms with Crippen LogP contribution < -0.4 is 4.68 Å². The van der Waals surface area contributed by atoms with Crippen LogP contribution in [0.5, 0.6) is 0 Å². The molecule has 0 radical (unpaired) electrons. The fraction of sp³-hybridized carbons (Fsp3) is 0.385. The molecular formula is C13H16N4O2. The molecule has 6 nitrogen and oxygen atoms in total. The fourth-order valence-electron chi connectivity index (χ4n) is 1.90. The number of hydrogen-bond donors (Lipinski definition) is 0. The van der Waals surface area contributed by atoms with Gasteiger partial charge in [0.1, 0.15) is 0 Å². The summed E-state index contributed by atoms with van der Waals surface area (Å²) >= 11 is 0. The SMILES string of the molecule is Cc1c(/N=N/[O-])on[n+]1CCCCc1ccccc1. The smallest absolute Gasteiger partial charge is 0.342 e. The molecule has 0 amide bonds. The number of aryl methyl sites for hydroxylation is 2. The Hall–Kier alpha value is -2.24. The second-order valence-corrected chi connectivity index (χ2v) is 4.31. The van der Waals surface area contributed by atoms with E-state index in [1.165, 1.54) is 5.56 Å². The Morgan fingerprint density at radius 1 is 1.26 bits per heavy atom. The minimum absolute atomic E-state index is 0.179. The van der Waals surface area contributed by atoms with Crippen LogP contribution in [0.15, 0.2) is 45.2 Å². The number of nitrogens with zero attached hydrogens (tertiary/aromatic N) is 4. The highest BCUT2D eigenvalue weighted by atomic mass is 16.5. The average Bonchev–Trinajstić information content (AvgIpc) is 2.78. The van der Waals surface area contributed by atoms with Gasteiger partial charge in [-0.2, -0.15) is 0 Å². The van der Waals surface area contributed by atoms with Crippen LogP contribution in [0.1, 0.15) is 24.1 Å². The average molecular weight is 260 g/mol. The molecule has 2 aromatic rings. The van der Waals surface area contributed by atoms with Gasteiger partial charge in [-0.1, -0.05) is 30.3 Å². The molecule has 0 aliphatic rings. The molecule has 100 valence electrons. The van der Waals surface area contributed by atoms with Gasteiger partial charge in [0.2, 0.25) is 5.27 Å². The minimum Gasteiger partial charge on any atom is -0.775 e. The third-order valence-corrected chi connectivity index (χ3v) is 2.98. The first-order valence-corrected chi connectivity index (χ1v) is 6.25. The van der Waals surface area contributed by atoms with Gasteiger partial charge >= 0.3 is 5.88 Å². The molecule has 0 atom stereocenters. The van der Waals surface area contributed by atoms with Crippen molar-refractivity contribution >= 4 is 5.88 Å². The first-order valence-electron chi connectivity index (χ1n) is 6.25. The van der Waals surface area contributed by atoms with Crippen LogP contribution in [-0.2, 0) is 13.0 Å². The summed E-state index contributed by atoms with van der Waals surface area (Å²) in [6.07, 6.45) is 3.11. The summed E-state index contributed by atoms with van der Waals surface area (Å²) in [5.41, 5.74) is 2.06. The first-order chi connectivity index (χ1) is 9.31. The third-order valence-electron chi connectivity index (χ3n) is 2.98. The van der Waals surface area contributed by atoms with Crippen LogP contribution in [0.4, 0.5) is 5.88 Å². The number of benzene rings is 1. The highest BCUT2D eigenvalue weighted by Crippen LogP contribution is 2.13. The summed E-state index contributed by atoms with van der Waals surface area (Å²) in [5.74, 6) is 0.179. The molecule has 0 spiro atoms. The molecule has 0 saturated carbocycles. The van der Waals surface area contributed by atoms with Crippen LogP contribution in [0.3, 0.4) is 0 Å². The molecule has 6 heteroatoms. The maximum absolute atomic E-state index is 10.0. The van der Waals surface area contributed by atoms with Crippen molar-refractivity contribution in [2.45, 2.75) is 32.7 Å². The lowest BCUT2D eigenvalue weighted by atomic mass is 10.1. The van der Waals surface area contributed by atoms with Crippen molar-refractivity contribution in [2.24, 2.45) is 10.4 Å². The molecule has 0 saturated heterocycles. The van der Waals surface area contributed by atoms with E-state index in [2.05, 4.69) is 27.8 Å². The lowest BCUT2D eigenvalue weighted by molar-refractivity contribution is -0.767. The summed E-state index contributed by atoms with van der Waals surface area (Å²) in [5, 5.41) is 19.6. The Morgan fingerprint density at radius 3 is 2.79 bits per heavy atom. The number of aromatic nitrogens is 2. The lowest BCUT2D eigenvalue weighted by Crippen LogP contribution is -2.38. The normalized spacial score (nSPS) is 11.2. The minimum atomic E-state index is 0.179. The summed E-state index contributed by atoms with van der Waals surface area (Å²) in [6, 6.07) is 10.4. The van der Waals surface area contributed by atoms with Gasteiger partial charge in [0.05, 0.1) is 0 Å². The Bertz CT molecular complexity index is 537. The zero-order valence-electron chi connectivity index (χ0n) is 10.8. The van der Waals surface area contributed by atoms with Crippen molar-refractivity contribution in [3.8, 4) is 0 Å². The van der Waals surface area contributed by atoms with E-state index in [0.717, 1.165) is 31.5 Å². The van der Waals surface area contributed by atoms with Gasteiger partial charge in [0.15, 0.2) is 6.54 Å². The Morgan fingerprint density at radius 2 is 2.05 bits per heavy atom. The van der Waals surface area contributed by atoms with Crippen LogP contribution in [0.25, 0.3) is 0 Å². The predicted octanol–water partition coefficient (Wildman–Crippen LogP) is 2.87. The van der Waals surface area contributed by atoms with E-state index in [0.29, 0.717) is 0 Å². The molecule has 0 unspecified atom stereocenters. The lowest BCUT2D eigenvalue weighted by Gasteiger charge is -1.98. The molecule has 1 aromatic heterocycles. The van der Waals surface area contributed by atoms with Crippen molar-refractivity contribution in [2.75, 3.05) is 0 Å². The topological polar surface area (TPSA) is 77.7 Å². The van der Waals surface area contributed by atoms with Gasteiger partial charge < -0.3 is 5.21 Å². The summed E-state index contributed by atoms with van der Waals surface area (Å²) < 4.78 is 6.61. The maximum atomic E-state index is 10.0. The monoisotopic (exact) mass is 260 g/mol. The second kappa shape index (κ2) is 6.63.